The van der Waals surface area contributed by atoms with E-state index in [1.807, 2.05) is 0 Å². The Labute approximate surface area is 115 Å². The Morgan fingerprint density at radius 1 is 1.30 bits per heavy atom. The fourth-order valence-electron chi connectivity index (χ4n) is 2.07. The summed E-state index contributed by atoms with van der Waals surface area (Å²) in [6.07, 6.45) is -0.583. The van der Waals surface area contributed by atoms with Gasteiger partial charge >= 0.3 is 6.18 Å². The lowest BCUT2D eigenvalue weighted by Gasteiger charge is -2.23. The maximum Gasteiger partial charge on any atom is 0.422 e. The molecule has 1 aromatic rings. The minimum Gasteiger partial charge on any atom is -0.468 e. The number of hydrogen-bond acceptors (Lipinski definition) is 4. The number of alkyl halides is 3. The van der Waals surface area contributed by atoms with Crippen molar-refractivity contribution in [2.45, 2.75) is 19.0 Å². The third-order valence-electron chi connectivity index (χ3n) is 3.17. The molecule has 0 aliphatic carbocycles. The van der Waals surface area contributed by atoms with Crippen molar-refractivity contribution in [2.75, 3.05) is 31.6 Å². The van der Waals surface area contributed by atoms with Gasteiger partial charge in [-0.15, -0.1) is 0 Å². The van der Waals surface area contributed by atoms with Gasteiger partial charge in [-0.3, -0.25) is 0 Å². The van der Waals surface area contributed by atoms with Gasteiger partial charge in [0.2, 0.25) is 5.88 Å². The first kappa shape index (κ1) is 14.9. The van der Waals surface area contributed by atoms with Crippen molar-refractivity contribution in [2.24, 2.45) is 5.92 Å². The molecule has 0 bridgehead atoms. The average Bonchev–Trinajstić information content (AvgIpc) is 2.44. The summed E-state index contributed by atoms with van der Waals surface area (Å²) in [5, 5.41) is 6.54. The van der Waals surface area contributed by atoms with Gasteiger partial charge in [-0.05, 0) is 37.9 Å². The molecule has 7 heteroatoms. The SMILES string of the molecule is FC(F)(F)COc1ccc(NCC2CCNCC2)cn1. The first-order valence-corrected chi connectivity index (χ1v) is 6.63. The fourth-order valence-corrected chi connectivity index (χ4v) is 2.07. The van der Waals surface area contributed by atoms with E-state index in [1.54, 1.807) is 6.07 Å². The lowest BCUT2D eigenvalue weighted by atomic mass is 9.98. The number of piperidine rings is 1. The number of halogens is 3. The van der Waals surface area contributed by atoms with E-state index >= 15 is 0 Å². The number of ether oxygens (including phenoxy) is 1. The van der Waals surface area contributed by atoms with Crippen molar-refractivity contribution in [3.63, 3.8) is 0 Å². The number of nitrogens with one attached hydrogen (secondary N) is 2. The molecule has 0 amide bonds. The molecule has 1 aliphatic heterocycles. The average molecular weight is 289 g/mol. The summed E-state index contributed by atoms with van der Waals surface area (Å²) < 4.78 is 40.5. The van der Waals surface area contributed by atoms with Crippen LogP contribution in [0.1, 0.15) is 12.8 Å². The first-order chi connectivity index (χ1) is 9.53. The molecule has 1 fully saturated rings. The molecule has 1 aromatic heterocycles. The predicted octanol–water partition coefficient (Wildman–Crippen LogP) is 2.43. The zero-order valence-corrected chi connectivity index (χ0v) is 11.0. The van der Waals surface area contributed by atoms with Crippen LogP contribution in [0.15, 0.2) is 18.3 Å². The molecule has 0 radical (unpaired) electrons. The molecule has 0 atom stereocenters. The maximum absolute atomic E-state index is 12.0. The molecule has 1 aliphatic rings. The second-order valence-corrected chi connectivity index (χ2v) is 4.86. The van der Waals surface area contributed by atoms with Crippen molar-refractivity contribution >= 4 is 5.69 Å². The van der Waals surface area contributed by atoms with E-state index in [9.17, 15) is 13.2 Å². The number of anilines is 1. The highest BCUT2D eigenvalue weighted by Gasteiger charge is 2.28. The lowest BCUT2D eigenvalue weighted by molar-refractivity contribution is -0.154. The maximum atomic E-state index is 12.0. The Bertz CT molecular complexity index is 402. The molecule has 0 unspecified atom stereocenters. The summed E-state index contributed by atoms with van der Waals surface area (Å²) >= 11 is 0. The summed E-state index contributed by atoms with van der Waals surface area (Å²) in [5.74, 6) is 0.604. The van der Waals surface area contributed by atoms with Crippen LogP contribution in [0.4, 0.5) is 18.9 Å². The zero-order chi connectivity index (χ0) is 14.4. The third kappa shape index (κ3) is 5.24. The molecule has 2 N–H and O–H groups in total. The van der Waals surface area contributed by atoms with E-state index in [0.29, 0.717) is 5.92 Å². The smallest absolute Gasteiger partial charge is 0.422 e. The number of rotatable bonds is 5. The van der Waals surface area contributed by atoms with Crippen molar-refractivity contribution in [3.8, 4) is 5.88 Å². The van der Waals surface area contributed by atoms with Gasteiger partial charge in [-0.1, -0.05) is 0 Å². The minimum absolute atomic E-state index is 0.0188. The van der Waals surface area contributed by atoms with Crippen molar-refractivity contribution in [1.29, 1.82) is 0 Å². The van der Waals surface area contributed by atoms with Gasteiger partial charge in [0.25, 0.3) is 0 Å². The molecule has 0 saturated carbocycles. The zero-order valence-electron chi connectivity index (χ0n) is 11.0. The summed E-state index contributed by atoms with van der Waals surface area (Å²) in [5.41, 5.74) is 0.794. The summed E-state index contributed by atoms with van der Waals surface area (Å²) in [4.78, 5) is 3.85. The van der Waals surface area contributed by atoms with Crippen LogP contribution in [0.25, 0.3) is 0 Å². The Morgan fingerprint density at radius 2 is 2.05 bits per heavy atom. The monoisotopic (exact) mass is 289 g/mol. The molecular weight excluding hydrogens is 271 g/mol. The van der Waals surface area contributed by atoms with Gasteiger partial charge in [-0.2, -0.15) is 13.2 Å². The second kappa shape index (κ2) is 6.78. The molecule has 0 spiro atoms. The largest absolute Gasteiger partial charge is 0.468 e. The van der Waals surface area contributed by atoms with Gasteiger partial charge in [-0.25, -0.2) is 4.98 Å². The molecular formula is C13H18F3N3O. The number of nitrogens with zero attached hydrogens (tertiary/aromatic N) is 1. The van der Waals surface area contributed by atoms with E-state index in [0.717, 1.165) is 38.2 Å². The van der Waals surface area contributed by atoms with Crippen LogP contribution in [0.2, 0.25) is 0 Å². The second-order valence-electron chi connectivity index (χ2n) is 4.86. The summed E-state index contributed by atoms with van der Waals surface area (Å²) in [6.45, 7) is 1.61. The Hall–Kier alpha value is -1.50. The van der Waals surface area contributed by atoms with Crippen LogP contribution < -0.4 is 15.4 Å². The van der Waals surface area contributed by atoms with Crippen LogP contribution >= 0.6 is 0 Å². The number of pyridine rings is 1. The van der Waals surface area contributed by atoms with Crippen molar-refractivity contribution < 1.29 is 17.9 Å². The fraction of sp³-hybridized carbons (Fsp3) is 0.615. The van der Waals surface area contributed by atoms with Crippen LogP contribution in [-0.4, -0.2) is 37.4 Å². The van der Waals surface area contributed by atoms with Crippen molar-refractivity contribution in [1.82, 2.24) is 10.3 Å². The van der Waals surface area contributed by atoms with Gasteiger partial charge in [0.1, 0.15) is 0 Å². The molecule has 1 saturated heterocycles. The molecule has 2 rings (SSSR count). The molecule has 20 heavy (non-hydrogen) atoms. The van der Waals surface area contributed by atoms with E-state index in [1.165, 1.54) is 12.3 Å². The minimum atomic E-state index is -4.34. The third-order valence-corrected chi connectivity index (χ3v) is 3.17. The van der Waals surface area contributed by atoms with Gasteiger partial charge < -0.3 is 15.4 Å². The van der Waals surface area contributed by atoms with E-state index < -0.39 is 12.8 Å². The quantitative estimate of drug-likeness (QED) is 0.874. The Balaban J connectivity index is 1.76. The normalized spacial score (nSPS) is 16.9. The Morgan fingerprint density at radius 3 is 2.65 bits per heavy atom. The van der Waals surface area contributed by atoms with Crippen LogP contribution in [0.3, 0.4) is 0 Å². The molecule has 4 nitrogen and oxygen atoms in total. The predicted molar refractivity (Wildman–Crippen MR) is 69.9 cm³/mol. The number of hydrogen-bond donors (Lipinski definition) is 2. The van der Waals surface area contributed by atoms with Crippen LogP contribution in [-0.2, 0) is 0 Å². The van der Waals surface area contributed by atoms with Crippen LogP contribution in [0, 0.1) is 5.92 Å². The number of aromatic nitrogens is 1. The van der Waals surface area contributed by atoms with Gasteiger partial charge in [0.15, 0.2) is 6.61 Å². The lowest BCUT2D eigenvalue weighted by Crippen LogP contribution is -2.31. The molecule has 0 aromatic carbocycles. The summed E-state index contributed by atoms with van der Waals surface area (Å²) in [7, 11) is 0. The highest BCUT2D eigenvalue weighted by Crippen LogP contribution is 2.18. The van der Waals surface area contributed by atoms with Crippen molar-refractivity contribution in [3.05, 3.63) is 18.3 Å². The molecule has 2 heterocycles. The van der Waals surface area contributed by atoms with E-state index in [-0.39, 0.29) is 5.88 Å². The highest BCUT2D eigenvalue weighted by atomic mass is 19.4. The Kier molecular flexibility index (Phi) is 5.05. The van der Waals surface area contributed by atoms with E-state index in [4.69, 9.17) is 0 Å². The van der Waals surface area contributed by atoms with Crippen LogP contribution in [0.5, 0.6) is 5.88 Å². The van der Waals surface area contributed by atoms with Gasteiger partial charge in [0, 0.05) is 12.6 Å². The molecule has 112 valence electrons. The first-order valence-electron chi connectivity index (χ1n) is 6.63. The topological polar surface area (TPSA) is 46.2 Å². The van der Waals surface area contributed by atoms with E-state index in [2.05, 4.69) is 20.4 Å². The highest BCUT2D eigenvalue weighted by molar-refractivity contribution is 5.42. The van der Waals surface area contributed by atoms with Gasteiger partial charge in [0.05, 0.1) is 11.9 Å². The standard InChI is InChI=1S/C13H18F3N3O/c14-13(15,16)9-20-12-2-1-11(8-19-12)18-7-10-3-5-17-6-4-10/h1-2,8,10,17-18H,3-7,9H2. The summed E-state index contributed by atoms with van der Waals surface area (Å²) in [6, 6.07) is 3.12.